The zero-order valence-electron chi connectivity index (χ0n) is 25.9. The number of aliphatic imine (C=N–C) groups is 1. The zero-order valence-corrected chi connectivity index (χ0v) is 25.9. The molecule has 1 saturated heterocycles. The number of anilines is 3. The van der Waals surface area contributed by atoms with E-state index < -0.39 is 29.0 Å². The van der Waals surface area contributed by atoms with Gasteiger partial charge in [-0.05, 0) is 68.1 Å². The van der Waals surface area contributed by atoms with Gasteiger partial charge in [0.05, 0.1) is 12.1 Å². The van der Waals surface area contributed by atoms with Crippen LogP contribution >= 0.6 is 0 Å². The highest BCUT2D eigenvalue weighted by atomic mass is 19.1. The number of aromatic nitrogens is 2. The molecule has 3 aromatic rings. The summed E-state index contributed by atoms with van der Waals surface area (Å²) >= 11 is 0. The average molecular weight is 634 g/mol. The Balaban J connectivity index is 1.14. The quantitative estimate of drug-likeness (QED) is 0.223. The fourth-order valence-electron chi connectivity index (χ4n) is 5.79. The molecule has 0 saturated carbocycles. The number of rotatable bonds is 10. The van der Waals surface area contributed by atoms with Gasteiger partial charge in [-0.3, -0.25) is 19.1 Å². The standard InChI is InChI=1S/C33H37F2N7O4/c1-3-21-16-23(8-6-20(21)2)37-27-19-29(44)42(33(36)38-27)11-5-4-10-40-12-14-41(15-13-40)28-18-26(43)30(32(45)46)31(39-28)24-9-7-22(34)17-25(24)35/h6-9,16-17,19,37H,3-5,10-15,18H2,1-2H3,(H2,36,38)(H,45,46). The van der Waals surface area contributed by atoms with Crippen molar-refractivity contribution < 1.29 is 23.5 Å². The van der Waals surface area contributed by atoms with Crippen molar-refractivity contribution in [2.24, 2.45) is 4.99 Å². The molecule has 2 aliphatic rings. The summed E-state index contributed by atoms with van der Waals surface area (Å²) in [4.78, 5) is 50.4. The van der Waals surface area contributed by atoms with Crippen LogP contribution in [0.15, 0.2) is 57.8 Å². The number of carboxylic acid groups (broad SMARTS) is 1. The number of halogens is 2. The van der Waals surface area contributed by atoms with Crippen molar-refractivity contribution in [1.82, 2.24) is 19.4 Å². The summed E-state index contributed by atoms with van der Waals surface area (Å²) in [6.07, 6.45) is 2.22. The van der Waals surface area contributed by atoms with Gasteiger partial charge < -0.3 is 21.1 Å². The van der Waals surface area contributed by atoms with Gasteiger partial charge in [-0.25, -0.2) is 18.6 Å². The van der Waals surface area contributed by atoms with Crippen LogP contribution in [0, 0.1) is 18.6 Å². The Hall–Kier alpha value is -4.91. The number of Topliss-reactive ketones (excluding diaryl/α,β-unsaturated/α-hetero) is 1. The number of piperazine rings is 1. The molecule has 4 N–H and O–H groups in total. The first-order valence-electron chi connectivity index (χ1n) is 15.3. The summed E-state index contributed by atoms with van der Waals surface area (Å²) in [6, 6.07) is 10.2. The summed E-state index contributed by atoms with van der Waals surface area (Å²) in [5.41, 5.74) is 8.05. The van der Waals surface area contributed by atoms with Gasteiger partial charge in [0.15, 0.2) is 5.78 Å². The number of carbonyl (C=O) groups excluding carboxylic acids is 1. The molecule has 2 aliphatic heterocycles. The van der Waals surface area contributed by atoms with Crippen molar-refractivity contribution in [3.8, 4) is 0 Å². The van der Waals surface area contributed by atoms with E-state index in [0.717, 1.165) is 37.2 Å². The molecule has 1 fully saturated rings. The smallest absolute Gasteiger partial charge is 0.341 e. The Kier molecular flexibility index (Phi) is 9.90. The predicted octanol–water partition coefficient (Wildman–Crippen LogP) is 3.98. The van der Waals surface area contributed by atoms with E-state index in [0.29, 0.717) is 56.9 Å². The number of benzene rings is 2. The first-order valence-corrected chi connectivity index (χ1v) is 15.3. The highest BCUT2D eigenvalue weighted by Gasteiger charge is 2.33. The summed E-state index contributed by atoms with van der Waals surface area (Å²) < 4.78 is 29.5. The van der Waals surface area contributed by atoms with Crippen LogP contribution in [-0.4, -0.2) is 74.8 Å². The van der Waals surface area contributed by atoms with Crippen LogP contribution in [0.5, 0.6) is 0 Å². The van der Waals surface area contributed by atoms with Gasteiger partial charge in [0.1, 0.15) is 28.9 Å². The Morgan fingerprint density at radius 3 is 2.43 bits per heavy atom. The number of nitrogen functional groups attached to an aromatic ring is 1. The third kappa shape index (κ3) is 7.31. The number of nitrogens with zero attached hydrogens (tertiary/aromatic N) is 5. The van der Waals surface area contributed by atoms with Crippen LogP contribution in [0.1, 0.15) is 42.9 Å². The molecule has 0 atom stereocenters. The molecule has 0 amide bonds. The number of hydrogen-bond donors (Lipinski definition) is 3. The van der Waals surface area contributed by atoms with E-state index in [1.165, 1.54) is 21.8 Å². The molecule has 13 heteroatoms. The van der Waals surface area contributed by atoms with E-state index >= 15 is 0 Å². The highest BCUT2D eigenvalue weighted by molar-refractivity contribution is 6.28. The second-order valence-corrected chi connectivity index (χ2v) is 11.4. The molecule has 0 spiro atoms. The van der Waals surface area contributed by atoms with Gasteiger partial charge in [0.2, 0.25) is 5.95 Å². The highest BCUT2D eigenvalue weighted by Crippen LogP contribution is 2.30. The second-order valence-electron chi connectivity index (χ2n) is 11.4. The largest absolute Gasteiger partial charge is 0.477 e. The van der Waals surface area contributed by atoms with Crippen molar-refractivity contribution in [1.29, 1.82) is 0 Å². The van der Waals surface area contributed by atoms with Crippen LogP contribution in [0.3, 0.4) is 0 Å². The Bertz CT molecular complexity index is 1780. The Morgan fingerprint density at radius 1 is 1.02 bits per heavy atom. The molecule has 0 radical (unpaired) electrons. The van der Waals surface area contributed by atoms with Crippen molar-refractivity contribution in [2.75, 3.05) is 43.8 Å². The van der Waals surface area contributed by atoms with E-state index in [1.54, 1.807) is 0 Å². The van der Waals surface area contributed by atoms with Gasteiger partial charge >= 0.3 is 5.97 Å². The molecular formula is C33H37F2N7O4. The van der Waals surface area contributed by atoms with Gasteiger partial charge in [-0.15, -0.1) is 0 Å². The van der Waals surface area contributed by atoms with E-state index in [4.69, 9.17) is 5.73 Å². The van der Waals surface area contributed by atoms with Gasteiger partial charge in [0.25, 0.3) is 5.56 Å². The van der Waals surface area contributed by atoms with E-state index in [9.17, 15) is 28.3 Å². The van der Waals surface area contributed by atoms with Crippen molar-refractivity contribution >= 4 is 40.7 Å². The minimum Gasteiger partial charge on any atom is -0.477 e. The zero-order chi connectivity index (χ0) is 33.0. The monoisotopic (exact) mass is 633 g/mol. The molecule has 2 aromatic carbocycles. The number of unbranched alkanes of at least 4 members (excludes halogenated alkanes) is 1. The summed E-state index contributed by atoms with van der Waals surface area (Å²) in [7, 11) is 0. The molecule has 0 unspecified atom stereocenters. The maximum Gasteiger partial charge on any atom is 0.341 e. The number of carbonyl (C=O) groups is 2. The van der Waals surface area contributed by atoms with E-state index in [2.05, 4.69) is 34.0 Å². The number of amidine groups is 1. The van der Waals surface area contributed by atoms with Crippen LogP contribution in [0.25, 0.3) is 5.70 Å². The third-order valence-corrected chi connectivity index (χ3v) is 8.36. The topological polar surface area (TPSA) is 146 Å². The lowest BCUT2D eigenvalue weighted by molar-refractivity contribution is -0.134. The summed E-state index contributed by atoms with van der Waals surface area (Å²) in [5, 5.41) is 12.8. The first-order chi connectivity index (χ1) is 22.0. The fourth-order valence-corrected chi connectivity index (χ4v) is 5.79. The minimum absolute atomic E-state index is 0.147. The normalized spacial score (nSPS) is 15.7. The molecule has 1 aromatic heterocycles. The number of ketones is 1. The number of aliphatic carboxylic acids is 1. The van der Waals surface area contributed by atoms with E-state index in [-0.39, 0.29) is 29.2 Å². The summed E-state index contributed by atoms with van der Waals surface area (Å²) in [5.74, 6) is -3.07. The number of aryl methyl sites for hydroxylation is 2. The van der Waals surface area contributed by atoms with Crippen molar-refractivity contribution in [3.05, 3.63) is 86.7 Å². The molecule has 5 rings (SSSR count). The second kappa shape index (κ2) is 14.0. The number of nitrogens with one attached hydrogen (secondary N) is 1. The van der Waals surface area contributed by atoms with Gasteiger partial charge in [-0.2, -0.15) is 4.98 Å². The number of carboxylic acids is 1. The van der Waals surface area contributed by atoms with Gasteiger partial charge in [0, 0.05) is 56.1 Å². The molecule has 11 nitrogen and oxygen atoms in total. The predicted molar refractivity (Wildman–Crippen MR) is 172 cm³/mol. The number of hydrogen-bond acceptors (Lipinski definition) is 9. The van der Waals surface area contributed by atoms with Crippen molar-refractivity contribution in [3.63, 3.8) is 0 Å². The maximum atomic E-state index is 14.6. The molecule has 3 heterocycles. The van der Waals surface area contributed by atoms with E-state index in [1.807, 2.05) is 23.1 Å². The first kappa shape index (κ1) is 32.5. The number of nitrogens with two attached hydrogens (primary N) is 1. The Morgan fingerprint density at radius 2 is 1.76 bits per heavy atom. The van der Waals surface area contributed by atoms with Crippen LogP contribution in [0.4, 0.5) is 26.2 Å². The lowest BCUT2D eigenvalue weighted by Gasteiger charge is -2.37. The molecular weight excluding hydrogens is 596 g/mol. The minimum atomic E-state index is -1.50. The fraction of sp³-hybridized carbons (Fsp3) is 0.364. The molecule has 46 heavy (non-hydrogen) atoms. The van der Waals surface area contributed by atoms with Gasteiger partial charge in [-0.1, -0.05) is 13.0 Å². The molecule has 0 bridgehead atoms. The third-order valence-electron chi connectivity index (χ3n) is 8.36. The molecule has 0 aliphatic carbocycles. The van der Waals surface area contributed by atoms with Crippen LogP contribution < -0.4 is 16.6 Å². The van der Waals surface area contributed by atoms with Crippen LogP contribution in [-0.2, 0) is 22.6 Å². The summed E-state index contributed by atoms with van der Waals surface area (Å²) in [6.45, 7) is 7.79. The van der Waals surface area contributed by atoms with Crippen LogP contribution in [0.2, 0.25) is 0 Å². The lowest BCUT2D eigenvalue weighted by atomic mass is 9.97. The maximum absolute atomic E-state index is 14.6. The van der Waals surface area contributed by atoms with Crippen molar-refractivity contribution in [2.45, 2.75) is 46.1 Å². The SMILES string of the molecule is CCc1cc(Nc2cc(=O)n(CCCCN3CCN(C4=NC(c5ccc(F)cc5F)=C(C(=O)O)C(=O)C4)CC3)c(N)n2)ccc1C. The average Bonchev–Trinajstić information content (AvgIpc) is 3.01. The Labute approximate surface area is 265 Å². The molecule has 242 valence electrons. The lowest BCUT2D eigenvalue weighted by Crippen LogP contribution is -2.49.